The summed E-state index contributed by atoms with van der Waals surface area (Å²) in [5, 5.41) is 11.2. The summed E-state index contributed by atoms with van der Waals surface area (Å²) >= 11 is 14.0. The van der Waals surface area contributed by atoms with Crippen LogP contribution in [0.25, 0.3) is 10.9 Å². The summed E-state index contributed by atoms with van der Waals surface area (Å²) in [5.74, 6) is -1.39. The van der Waals surface area contributed by atoms with E-state index in [4.69, 9.17) is 27.9 Å². The molecular weight excluding hydrogens is 574 g/mol. The fourth-order valence-electron chi connectivity index (χ4n) is 4.11. The average molecular weight is 598 g/mol. The summed E-state index contributed by atoms with van der Waals surface area (Å²) in [4.78, 5) is 13.4. The molecule has 0 bridgehead atoms. The highest BCUT2D eigenvalue weighted by molar-refractivity contribution is 7.99. The van der Waals surface area contributed by atoms with E-state index in [1.54, 1.807) is 50.2 Å². The van der Waals surface area contributed by atoms with Crippen LogP contribution in [0.5, 0.6) is 11.5 Å². The molecule has 1 unspecified atom stereocenters. The van der Waals surface area contributed by atoms with Crippen molar-refractivity contribution in [3.63, 3.8) is 0 Å². The first-order chi connectivity index (χ1) is 18.3. The van der Waals surface area contributed by atoms with E-state index in [0.29, 0.717) is 26.9 Å². The van der Waals surface area contributed by atoms with E-state index in [1.165, 1.54) is 23.9 Å². The zero-order chi connectivity index (χ0) is 28.5. The lowest BCUT2D eigenvalue weighted by molar-refractivity contribution is -0.274. The third-order valence-corrected chi connectivity index (χ3v) is 7.81. The quantitative estimate of drug-likeness (QED) is 0.209. The highest BCUT2D eigenvalue weighted by atomic mass is 35.5. The Hall–Kier alpha value is -3.01. The Morgan fingerprint density at radius 3 is 2.31 bits per heavy atom. The Morgan fingerprint density at radius 2 is 1.69 bits per heavy atom. The molecule has 0 amide bonds. The molecule has 0 spiro atoms. The van der Waals surface area contributed by atoms with Gasteiger partial charge in [-0.15, -0.1) is 13.2 Å². The molecule has 1 N–H and O–H groups in total. The van der Waals surface area contributed by atoms with Crippen LogP contribution >= 0.6 is 35.0 Å². The number of alkyl halides is 3. The second-order valence-electron chi connectivity index (χ2n) is 9.16. The molecule has 5 nitrogen and oxygen atoms in total. The summed E-state index contributed by atoms with van der Waals surface area (Å²) in [6.07, 6.45) is -5.90. The van der Waals surface area contributed by atoms with Crippen molar-refractivity contribution in [3.05, 3.63) is 82.0 Å². The first-order valence-corrected chi connectivity index (χ1v) is 13.4. The first kappa shape index (κ1) is 29.0. The lowest BCUT2D eigenvalue weighted by Gasteiger charge is -2.19. The maximum absolute atomic E-state index is 13.0. The van der Waals surface area contributed by atoms with Crippen LogP contribution in [0.3, 0.4) is 0 Å². The number of hydrogen-bond acceptors (Lipinski definition) is 4. The topological polar surface area (TPSA) is 60.7 Å². The Bertz CT molecular complexity index is 1500. The number of fused-ring (bicyclic) bond motifs is 1. The number of carbonyl (C=O) groups is 1. The third kappa shape index (κ3) is 6.96. The number of aliphatic carboxylic acids is 1. The van der Waals surface area contributed by atoms with E-state index >= 15 is 0 Å². The predicted octanol–water partition coefficient (Wildman–Crippen LogP) is 8.84. The van der Waals surface area contributed by atoms with Crippen LogP contribution < -0.4 is 9.47 Å². The van der Waals surface area contributed by atoms with E-state index < -0.39 is 18.4 Å². The molecule has 206 valence electrons. The number of carboxylic acid groups (broad SMARTS) is 1. The number of hydrogen-bond donors (Lipinski definition) is 1. The smallest absolute Gasteiger partial charge is 0.478 e. The molecule has 11 heteroatoms. The van der Waals surface area contributed by atoms with Crippen LogP contribution in [0.15, 0.2) is 70.5 Å². The van der Waals surface area contributed by atoms with Gasteiger partial charge in [-0.1, -0.05) is 48.8 Å². The maximum atomic E-state index is 13.0. The van der Waals surface area contributed by atoms with Crippen molar-refractivity contribution < 1.29 is 32.5 Å². The van der Waals surface area contributed by atoms with Gasteiger partial charge in [-0.3, -0.25) is 0 Å². The van der Waals surface area contributed by atoms with Gasteiger partial charge in [0.25, 0.3) is 0 Å². The number of benzene rings is 3. The van der Waals surface area contributed by atoms with Crippen molar-refractivity contribution >= 4 is 51.8 Å². The van der Waals surface area contributed by atoms with Gasteiger partial charge in [-0.05, 0) is 67.1 Å². The van der Waals surface area contributed by atoms with Gasteiger partial charge in [0.05, 0.1) is 5.52 Å². The Kier molecular flexibility index (Phi) is 8.63. The normalized spacial score (nSPS) is 12.6. The molecule has 0 aliphatic rings. The lowest BCUT2D eigenvalue weighted by atomic mass is 10.1. The zero-order valence-electron chi connectivity index (χ0n) is 21.1. The lowest BCUT2D eigenvalue weighted by Crippen LogP contribution is -2.32. The van der Waals surface area contributed by atoms with Crippen molar-refractivity contribution in [2.45, 2.75) is 49.6 Å². The molecule has 1 aromatic heterocycles. The SMILES string of the molecule is Cc1c(Sc2ccc(Cl)cc2)c2ccc(OC(F)(F)F)cc2n1Cc1cc(OC(C(=O)O)C(C)C)ccc1Cl. The highest BCUT2D eigenvalue weighted by Gasteiger charge is 2.31. The van der Waals surface area contributed by atoms with Gasteiger partial charge < -0.3 is 19.1 Å². The van der Waals surface area contributed by atoms with Crippen molar-refractivity contribution in [3.8, 4) is 11.5 Å². The maximum Gasteiger partial charge on any atom is 0.573 e. The van der Waals surface area contributed by atoms with Gasteiger partial charge in [-0.25, -0.2) is 4.79 Å². The van der Waals surface area contributed by atoms with Crippen LogP contribution in [0.4, 0.5) is 13.2 Å². The van der Waals surface area contributed by atoms with Crippen LogP contribution in [0, 0.1) is 12.8 Å². The van der Waals surface area contributed by atoms with Crippen molar-refractivity contribution in [2.24, 2.45) is 5.92 Å². The van der Waals surface area contributed by atoms with Gasteiger partial charge in [0.2, 0.25) is 0 Å². The van der Waals surface area contributed by atoms with Gasteiger partial charge in [0.15, 0.2) is 6.10 Å². The van der Waals surface area contributed by atoms with E-state index in [-0.39, 0.29) is 18.2 Å². The van der Waals surface area contributed by atoms with Crippen LogP contribution in [-0.2, 0) is 11.3 Å². The Balaban J connectivity index is 1.79. The molecule has 1 heterocycles. The molecule has 0 saturated heterocycles. The van der Waals surface area contributed by atoms with E-state index in [2.05, 4.69) is 4.74 Å². The molecule has 0 saturated carbocycles. The van der Waals surface area contributed by atoms with E-state index in [9.17, 15) is 23.1 Å². The number of nitrogens with zero attached hydrogens (tertiary/aromatic N) is 1. The molecule has 4 aromatic rings. The van der Waals surface area contributed by atoms with Crippen LogP contribution in [0.2, 0.25) is 10.0 Å². The van der Waals surface area contributed by atoms with Gasteiger partial charge in [-0.2, -0.15) is 0 Å². The minimum atomic E-state index is -4.84. The number of rotatable bonds is 9. The summed E-state index contributed by atoms with van der Waals surface area (Å²) in [6, 6.07) is 16.3. The second kappa shape index (κ2) is 11.6. The van der Waals surface area contributed by atoms with E-state index in [1.807, 2.05) is 23.6 Å². The molecular formula is C28H24Cl2F3NO4S. The fraction of sp³-hybridized carbons (Fsp3) is 0.250. The highest BCUT2D eigenvalue weighted by Crippen LogP contribution is 2.41. The minimum Gasteiger partial charge on any atom is -0.478 e. The Morgan fingerprint density at radius 1 is 1.03 bits per heavy atom. The van der Waals surface area contributed by atoms with Crippen molar-refractivity contribution in [1.29, 1.82) is 0 Å². The van der Waals surface area contributed by atoms with Crippen LogP contribution in [0.1, 0.15) is 25.1 Å². The zero-order valence-corrected chi connectivity index (χ0v) is 23.4. The fourth-order valence-corrected chi connectivity index (χ4v) is 5.46. The summed E-state index contributed by atoms with van der Waals surface area (Å²) in [5.41, 5.74) is 1.91. The largest absolute Gasteiger partial charge is 0.573 e. The van der Waals surface area contributed by atoms with Gasteiger partial charge in [0.1, 0.15) is 11.5 Å². The monoisotopic (exact) mass is 597 g/mol. The van der Waals surface area contributed by atoms with Gasteiger partial charge in [0, 0.05) is 49.4 Å². The van der Waals surface area contributed by atoms with Gasteiger partial charge >= 0.3 is 12.3 Å². The van der Waals surface area contributed by atoms with Crippen LogP contribution in [-0.4, -0.2) is 28.1 Å². The number of carboxylic acids is 1. The molecule has 1 atom stereocenters. The molecule has 0 radical (unpaired) electrons. The molecule has 3 aromatic carbocycles. The first-order valence-electron chi connectivity index (χ1n) is 11.8. The summed E-state index contributed by atoms with van der Waals surface area (Å²) in [7, 11) is 0. The minimum absolute atomic E-state index is 0.189. The molecule has 4 rings (SSSR count). The number of aromatic nitrogens is 1. The summed E-state index contributed by atoms with van der Waals surface area (Å²) < 4.78 is 50.7. The Labute approximate surface area is 237 Å². The molecule has 0 aliphatic heterocycles. The second-order valence-corrected chi connectivity index (χ2v) is 11.1. The number of halogens is 5. The molecule has 0 fully saturated rings. The number of ether oxygens (including phenoxy) is 2. The van der Waals surface area contributed by atoms with E-state index in [0.717, 1.165) is 20.9 Å². The van der Waals surface area contributed by atoms with Crippen molar-refractivity contribution in [2.75, 3.05) is 0 Å². The molecule has 39 heavy (non-hydrogen) atoms. The average Bonchev–Trinajstić information content (AvgIpc) is 3.09. The standard InChI is InChI=1S/C28H24Cl2F3NO4S/c1-15(2)25(27(35)36)37-19-7-11-23(30)17(12-19)14-34-16(3)26(39-21-8-4-18(29)5-9-21)22-10-6-20(13-24(22)34)38-28(31,32)33/h4-13,15,25H,14H2,1-3H3,(H,35,36). The molecule has 0 aliphatic carbocycles. The third-order valence-electron chi connectivity index (χ3n) is 5.96. The predicted molar refractivity (Wildman–Crippen MR) is 146 cm³/mol. The van der Waals surface area contributed by atoms with Crippen molar-refractivity contribution in [1.82, 2.24) is 4.57 Å². The summed E-state index contributed by atoms with van der Waals surface area (Å²) in [6.45, 7) is 5.54.